The number of halogens is 2. The summed E-state index contributed by atoms with van der Waals surface area (Å²) < 4.78 is 12.0. The number of benzene rings is 3. The molecule has 7 atom stereocenters. The number of carbonyl (C=O) groups excluding carboxylic acids is 4. The van der Waals surface area contributed by atoms with Gasteiger partial charge in [0.2, 0.25) is 11.8 Å². The third kappa shape index (κ3) is 5.58. The van der Waals surface area contributed by atoms with Gasteiger partial charge in [-0.2, -0.15) is 0 Å². The van der Waals surface area contributed by atoms with Crippen LogP contribution in [0.2, 0.25) is 5.02 Å². The number of fused-ring (bicyclic) bond motifs is 9. The van der Waals surface area contributed by atoms with E-state index < -0.39 is 23.7 Å². The molecule has 3 heterocycles. The second kappa shape index (κ2) is 13.0. The number of thioether (sulfide) groups is 1. The average molecular weight is 795 g/mol. The Morgan fingerprint density at radius 2 is 1.72 bits per heavy atom. The van der Waals surface area contributed by atoms with Crippen LogP contribution in [-0.4, -0.2) is 47.1 Å². The van der Waals surface area contributed by atoms with Gasteiger partial charge in [0.15, 0.2) is 6.61 Å². The minimum atomic E-state index is -0.470. The van der Waals surface area contributed by atoms with E-state index in [1.807, 2.05) is 18.2 Å². The largest absolute Gasteiger partial charge is 0.483 e. The van der Waals surface area contributed by atoms with Crippen LogP contribution in [0.5, 0.6) is 5.75 Å². The Morgan fingerprint density at radius 3 is 2.44 bits per heavy atom. The van der Waals surface area contributed by atoms with Crippen molar-refractivity contribution >= 4 is 85.7 Å². The fraction of sp³-hybridized carbons (Fsp3) is 0.306. The molecule has 50 heavy (non-hydrogen) atoms. The number of thiazole rings is 1. The fourth-order valence-electron chi connectivity index (χ4n) is 8.35. The van der Waals surface area contributed by atoms with Crippen LogP contribution in [0.1, 0.15) is 40.1 Å². The molecule has 10 nitrogen and oxygen atoms in total. The summed E-state index contributed by atoms with van der Waals surface area (Å²) in [5.41, 5.74) is 2.15. The summed E-state index contributed by atoms with van der Waals surface area (Å²) in [6.07, 6.45) is 0.729. The zero-order chi connectivity index (χ0) is 34.8. The number of imide groups is 1. The zero-order valence-corrected chi connectivity index (χ0v) is 30.4. The number of hydrogen-bond acceptors (Lipinski definition) is 9. The van der Waals surface area contributed by atoms with Crippen molar-refractivity contribution in [3.8, 4) is 5.75 Å². The first-order valence-corrected chi connectivity index (χ1v) is 19.0. The number of carbonyl (C=O) groups is 4. The van der Waals surface area contributed by atoms with E-state index in [-0.39, 0.29) is 58.8 Å². The number of nitrogens with one attached hydrogen (secondary N) is 2. The summed E-state index contributed by atoms with van der Waals surface area (Å²) >= 11 is 12.8. The highest BCUT2D eigenvalue weighted by molar-refractivity contribution is 9.10. The third-order valence-corrected chi connectivity index (χ3v) is 13.5. The van der Waals surface area contributed by atoms with Gasteiger partial charge in [-0.3, -0.25) is 24.1 Å². The molecule has 3 amide bonds. The van der Waals surface area contributed by atoms with Gasteiger partial charge in [0.1, 0.15) is 5.75 Å². The summed E-state index contributed by atoms with van der Waals surface area (Å²) in [5, 5.41) is 3.98. The van der Waals surface area contributed by atoms with E-state index in [0.717, 1.165) is 37.7 Å². The van der Waals surface area contributed by atoms with Crippen molar-refractivity contribution in [3.63, 3.8) is 0 Å². The monoisotopic (exact) mass is 793 g/mol. The Hall–Kier alpha value is -3.91. The smallest absolute Gasteiger partial charge is 0.338 e. The highest BCUT2D eigenvalue weighted by atomic mass is 79.9. The summed E-state index contributed by atoms with van der Waals surface area (Å²) in [5.74, 6) is -2.26. The maximum atomic E-state index is 14.1. The predicted molar refractivity (Wildman–Crippen MR) is 193 cm³/mol. The Bertz CT molecular complexity index is 2100. The number of aromatic nitrogens is 1. The lowest BCUT2D eigenvalue weighted by Crippen LogP contribution is -2.42. The summed E-state index contributed by atoms with van der Waals surface area (Å²) in [4.78, 5) is 70.8. The molecule has 14 heteroatoms. The fourth-order valence-corrected chi connectivity index (χ4v) is 11.7. The van der Waals surface area contributed by atoms with Crippen LogP contribution in [0.15, 0.2) is 81.0 Å². The molecule has 3 aromatic carbocycles. The third-order valence-electron chi connectivity index (χ3n) is 10.2. The van der Waals surface area contributed by atoms with Crippen molar-refractivity contribution in [3.05, 3.63) is 102 Å². The topological polar surface area (TPSA) is 135 Å². The van der Waals surface area contributed by atoms with Crippen molar-refractivity contribution < 1.29 is 28.7 Å². The normalized spacial score (nSPS) is 26.0. The van der Waals surface area contributed by atoms with Gasteiger partial charge in [-0.05, 0) is 97.8 Å². The van der Waals surface area contributed by atoms with Gasteiger partial charge >= 0.3 is 10.8 Å². The Labute approximate surface area is 308 Å². The van der Waals surface area contributed by atoms with Crippen LogP contribution in [0.3, 0.4) is 0 Å². The second-order valence-electron chi connectivity index (χ2n) is 12.8. The van der Waals surface area contributed by atoms with E-state index in [1.54, 1.807) is 67.2 Å². The number of nitrogens with zero attached hydrogens (tertiary/aromatic N) is 1. The van der Waals surface area contributed by atoms with Gasteiger partial charge in [-0.15, -0.1) is 11.8 Å². The number of hydrogen-bond donors (Lipinski definition) is 2. The first kappa shape index (κ1) is 33.2. The summed E-state index contributed by atoms with van der Waals surface area (Å²) in [7, 11) is 0. The molecule has 2 bridgehead atoms. The van der Waals surface area contributed by atoms with Gasteiger partial charge in [0.05, 0.1) is 34.7 Å². The van der Waals surface area contributed by atoms with Crippen molar-refractivity contribution in [2.75, 3.05) is 23.4 Å². The number of H-pyrrole nitrogens is 1. The lowest BCUT2D eigenvalue weighted by molar-refractivity contribution is -0.123. The van der Waals surface area contributed by atoms with Crippen LogP contribution >= 0.6 is 50.6 Å². The maximum absolute atomic E-state index is 14.1. The molecule has 4 aliphatic rings. The average Bonchev–Trinajstić information content (AvgIpc) is 3.84. The number of esters is 1. The lowest BCUT2D eigenvalue weighted by Gasteiger charge is -2.43. The molecule has 8 rings (SSSR count). The van der Waals surface area contributed by atoms with Crippen LogP contribution in [0.25, 0.3) is 0 Å². The standard InChI is InChI=1S/C36H29BrClN3O7S2/c1-2-47-35(45)16-3-8-19(9-4-16)39-25(42)15-48-24-12-7-18(38)13-21(24)26-27-22-14-23(30(27)49-32-31(26)50-36(46)40-32)29-28(22)33(43)41(34(29)44)20-10-5-17(37)6-11-20/h3-13,22-23,26-30H,2,14-15H2,1H3,(H,39,42)(H,40,46)/t22-,23-,26+,27-,28+,29+,30-/m1/s1. The SMILES string of the molecule is CCOC(=O)c1ccc(NC(=O)COc2ccc(Cl)cc2[C@@H]2c3sc(=O)[nH]c3S[C@@H]3[C@@H]4C[C@@H]([C@@H]5C(=O)N(c6ccc(Br)cc6)C(=O)[C@@H]45)[C@H]23)cc1. The number of amides is 3. The highest BCUT2D eigenvalue weighted by Gasteiger charge is 2.69. The van der Waals surface area contributed by atoms with Crippen LogP contribution in [0, 0.1) is 29.6 Å². The van der Waals surface area contributed by atoms with E-state index >= 15 is 0 Å². The minimum Gasteiger partial charge on any atom is -0.483 e. The van der Waals surface area contributed by atoms with Crippen molar-refractivity contribution in [1.29, 1.82) is 0 Å². The van der Waals surface area contributed by atoms with Gasteiger partial charge in [-0.25, -0.2) is 4.79 Å². The molecule has 2 aliphatic heterocycles. The molecule has 3 fully saturated rings. The first-order valence-electron chi connectivity index (χ1n) is 16.1. The Morgan fingerprint density at radius 1 is 1.00 bits per heavy atom. The Balaban J connectivity index is 1.08. The van der Waals surface area contributed by atoms with E-state index in [4.69, 9.17) is 21.1 Å². The van der Waals surface area contributed by atoms with Gasteiger partial charge in [-0.1, -0.05) is 38.9 Å². The molecule has 1 saturated heterocycles. The highest BCUT2D eigenvalue weighted by Crippen LogP contribution is 2.69. The Kier molecular flexibility index (Phi) is 8.65. The molecule has 0 radical (unpaired) electrons. The number of aromatic amines is 1. The van der Waals surface area contributed by atoms with Crippen molar-refractivity contribution in [2.24, 2.45) is 29.6 Å². The lowest BCUT2D eigenvalue weighted by atomic mass is 9.68. The van der Waals surface area contributed by atoms with E-state index in [0.29, 0.717) is 27.7 Å². The zero-order valence-electron chi connectivity index (χ0n) is 26.4. The van der Waals surface area contributed by atoms with E-state index in [9.17, 15) is 24.0 Å². The van der Waals surface area contributed by atoms with Crippen molar-refractivity contribution in [1.82, 2.24) is 4.98 Å². The maximum Gasteiger partial charge on any atom is 0.338 e. The molecule has 4 aromatic rings. The molecular formula is C36H29BrClN3O7S2. The van der Waals surface area contributed by atoms with Crippen LogP contribution < -0.4 is 19.8 Å². The van der Waals surface area contributed by atoms with Gasteiger partial charge in [0, 0.05) is 36.8 Å². The molecule has 2 aliphatic carbocycles. The predicted octanol–water partition coefficient (Wildman–Crippen LogP) is 6.72. The molecule has 2 N–H and O–H groups in total. The van der Waals surface area contributed by atoms with Crippen LogP contribution in [0.4, 0.5) is 11.4 Å². The second-order valence-corrected chi connectivity index (χ2v) is 16.3. The molecule has 1 aromatic heterocycles. The number of anilines is 2. The van der Waals surface area contributed by atoms with Gasteiger partial charge in [0.25, 0.3) is 5.91 Å². The van der Waals surface area contributed by atoms with Crippen LogP contribution in [-0.2, 0) is 19.1 Å². The molecular weight excluding hydrogens is 766 g/mol. The molecule has 2 saturated carbocycles. The summed E-state index contributed by atoms with van der Waals surface area (Å²) in [6, 6.07) is 18.8. The summed E-state index contributed by atoms with van der Waals surface area (Å²) in [6.45, 7) is 1.68. The number of rotatable bonds is 8. The van der Waals surface area contributed by atoms with Gasteiger partial charge < -0.3 is 19.8 Å². The molecule has 256 valence electrons. The first-order chi connectivity index (χ1) is 24.1. The molecule has 0 spiro atoms. The quantitative estimate of drug-likeness (QED) is 0.148. The van der Waals surface area contributed by atoms with E-state index in [1.165, 1.54) is 4.90 Å². The number of ether oxygens (including phenoxy) is 2. The van der Waals surface area contributed by atoms with E-state index in [2.05, 4.69) is 26.2 Å². The van der Waals surface area contributed by atoms with Crippen molar-refractivity contribution in [2.45, 2.75) is 29.5 Å². The minimum absolute atomic E-state index is 0.0293. The molecule has 0 unspecified atom stereocenters.